The maximum Gasteiger partial charge on any atom is 0.240 e. The summed E-state index contributed by atoms with van der Waals surface area (Å²) < 4.78 is 16.8. The highest BCUT2D eigenvalue weighted by molar-refractivity contribution is 5.93. The molecule has 2 amide bonds. The lowest BCUT2D eigenvalue weighted by Crippen LogP contribution is -2.20. The fraction of sp³-hybridized carbons (Fsp3) is 0.250. The number of benzene rings is 3. The van der Waals surface area contributed by atoms with Crippen LogP contribution in [-0.4, -0.2) is 31.7 Å². The van der Waals surface area contributed by atoms with Crippen LogP contribution in [0.15, 0.2) is 71.8 Å². The molecule has 0 radical (unpaired) electrons. The first-order valence-electron chi connectivity index (χ1n) is 11.7. The predicted octanol–water partition coefficient (Wildman–Crippen LogP) is 4.85. The lowest BCUT2D eigenvalue weighted by Gasteiger charge is -2.13. The van der Waals surface area contributed by atoms with Gasteiger partial charge in [0.2, 0.25) is 11.8 Å². The van der Waals surface area contributed by atoms with Gasteiger partial charge in [0.05, 0.1) is 19.9 Å². The van der Waals surface area contributed by atoms with E-state index in [1.165, 1.54) is 11.8 Å². The van der Waals surface area contributed by atoms with Gasteiger partial charge in [-0.05, 0) is 67.4 Å². The van der Waals surface area contributed by atoms with E-state index in [4.69, 9.17) is 14.2 Å². The van der Waals surface area contributed by atoms with Crippen LogP contribution in [0.4, 0.5) is 5.69 Å². The zero-order valence-corrected chi connectivity index (χ0v) is 20.7. The SMILES string of the molecule is CCOc1cc(C=NNC(=O)CCC(=O)Nc2ccc(OC)cc2)ccc1OCc1cccc(C)c1. The summed E-state index contributed by atoms with van der Waals surface area (Å²) >= 11 is 0. The Morgan fingerprint density at radius 2 is 1.69 bits per heavy atom. The normalized spacial score (nSPS) is 10.6. The molecule has 0 fully saturated rings. The number of carbonyl (C=O) groups excluding carboxylic acids is 2. The van der Waals surface area contributed by atoms with Crippen molar-refractivity contribution in [2.24, 2.45) is 5.10 Å². The van der Waals surface area contributed by atoms with Crippen LogP contribution in [0.2, 0.25) is 0 Å². The molecule has 0 aliphatic heterocycles. The minimum absolute atomic E-state index is 0.00919. The number of aryl methyl sites for hydroxylation is 1. The molecule has 188 valence electrons. The van der Waals surface area contributed by atoms with E-state index in [1.54, 1.807) is 37.4 Å². The Bertz CT molecular complexity index is 1190. The monoisotopic (exact) mass is 489 g/mol. The minimum Gasteiger partial charge on any atom is -0.497 e. The zero-order chi connectivity index (χ0) is 25.8. The number of hydrazone groups is 1. The van der Waals surface area contributed by atoms with E-state index in [2.05, 4.69) is 21.9 Å². The first-order valence-corrected chi connectivity index (χ1v) is 11.7. The van der Waals surface area contributed by atoms with Gasteiger partial charge in [0, 0.05) is 18.5 Å². The first-order chi connectivity index (χ1) is 17.5. The molecule has 3 aromatic carbocycles. The molecule has 0 unspecified atom stereocenters. The molecule has 0 saturated heterocycles. The molecule has 0 atom stereocenters. The number of ether oxygens (including phenoxy) is 3. The van der Waals surface area contributed by atoms with Crippen LogP contribution in [0, 0.1) is 6.92 Å². The van der Waals surface area contributed by atoms with Crippen molar-refractivity contribution in [3.05, 3.63) is 83.4 Å². The Labute approximate surface area is 211 Å². The van der Waals surface area contributed by atoms with Gasteiger partial charge in [-0.2, -0.15) is 5.10 Å². The molecule has 0 saturated carbocycles. The van der Waals surface area contributed by atoms with Crippen molar-refractivity contribution in [3.63, 3.8) is 0 Å². The van der Waals surface area contributed by atoms with Crippen LogP contribution >= 0.6 is 0 Å². The molecule has 0 aliphatic carbocycles. The van der Waals surface area contributed by atoms with Crippen LogP contribution in [0.25, 0.3) is 0 Å². The highest BCUT2D eigenvalue weighted by atomic mass is 16.5. The third-order valence-electron chi connectivity index (χ3n) is 5.10. The van der Waals surface area contributed by atoms with Crippen LogP contribution in [0.1, 0.15) is 36.5 Å². The van der Waals surface area contributed by atoms with Crippen molar-refractivity contribution >= 4 is 23.7 Å². The summed E-state index contributed by atoms with van der Waals surface area (Å²) in [7, 11) is 1.57. The smallest absolute Gasteiger partial charge is 0.240 e. The van der Waals surface area contributed by atoms with Crippen LogP contribution < -0.4 is 25.0 Å². The summed E-state index contributed by atoms with van der Waals surface area (Å²) in [6, 6.07) is 20.5. The molecule has 2 N–H and O–H groups in total. The van der Waals surface area contributed by atoms with Gasteiger partial charge < -0.3 is 19.5 Å². The third kappa shape index (κ3) is 8.47. The third-order valence-corrected chi connectivity index (χ3v) is 5.10. The Morgan fingerprint density at radius 1 is 0.917 bits per heavy atom. The van der Waals surface area contributed by atoms with E-state index in [1.807, 2.05) is 44.2 Å². The van der Waals surface area contributed by atoms with E-state index < -0.39 is 0 Å². The van der Waals surface area contributed by atoms with Crippen LogP contribution in [-0.2, 0) is 16.2 Å². The maximum absolute atomic E-state index is 12.1. The molecule has 0 aromatic heterocycles. The van der Waals surface area contributed by atoms with Gasteiger partial charge in [-0.3, -0.25) is 9.59 Å². The van der Waals surface area contributed by atoms with Crippen molar-refractivity contribution in [1.82, 2.24) is 5.43 Å². The standard InChI is InChI=1S/C28H31N3O5/c1-4-35-26-17-21(8-13-25(26)36-19-22-7-5-6-20(2)16-22)18-29-31-28(33)15-14-27(32)30-23-9-11-24(34-3)12-10-23/h5-13,16-18H,4,14-15,19H2,1-3H3,(H,30,32)(H,31,33). The number of hydrogen-bond acceptors (Lipinski definition) is 6. The Balaban J connectivity index is 1.48. The van der Waals surface area contributed by atoms with Crippen molar-refractivity contribution in [3.8, 4) is 17.2 Å². The van der Waals surface area contributed by atoms with Crippen LogP contribution in [0.3, 0.4) is 0 Å². The zero-order valence-electron chi connectivity index (χ0n) is 20.7. The second kappa shape index (κ2) is 13.5. The van der Waals surface area contributed by atoms with E-state index in [-0.39, 0.29) is 24.7 Å². The van der Waals surface area contributed by atoms with E-state index in [0.29, 0.717) is 36.1 Å². The van der Waals surface area contributed by atoms with Gasteiger partial charge in [-0.15, -0.1) is 0 Å². The summed E-state index contributed by atoms with van der Waals surface area (Å²) in [5, 5.41) is 6.73. The van der Waals surface area contributed by atoms with Crippen molar-refractivity contribution in [2.75, 3.05) is 19.0 Å². The van der Waals surface area contributed by atoms with Gasteiger partial charge >= 0.3 is 0 Å². The number of carbonyl (C=O) groups is 2. The number of rotatable bonds is 12. The minimum atomic E-state index is -0.362. The molecule has 3 rings (SSSR count). The summed E-state index contributed by atoms with van der Waals surface area (Å²) in [6.45, 7) is 4.85. The number of anilines is 1. The van der Waals surface area contributed by atoms with Crippen molar-refractivity contribution in [1.29, 1.82) is 0 Å². The Kier molecular flexibility index (Phi) is 9.88. The molecule has 0 heterocycles. The second-order valence-corrected chi connectivity index (χ2v) is 7.99. The lowest BCUT2D eigenvalue weighted by molar-refractivity contribution is -0.124. The molecule has 8 nitrogen and oxygen atoms in total. The molecule has 3 aromatic rings. The lowest BCUT2D eigenvalue weighted by atomic mass is 10.1. The van der Waals surface area contributed by atoms with Gasteiger partial charge in [0.1, 0.15) is 12.4 Å². The Morgan fingerprint density at radius 3 is 2.42 bits per heavy atom. The summed E-state index contributed by atoms with van der Waals surface area (Å²) in [4.78, 5) is 24.1. The molecule has 0 bridgehead atoms. The molecule has 0 spiro atoms. The fourth-order valence-electron chi connectivity index (χ4n) is 3.32. The quantitative estimate of drug-likeness (QED) is 0.280. The summed E-state index contributed by atoms with van der Waals surface area (Å²) in [6.07, 6.45) is 1.56. The summed E-state index contributed by atoms with van der Waals surface area (Å²) in [5.74, 6) is 1.29. The summed E-state index contributed by atoms with van der Waals surface area (Å²) in [5.41, 5.74) is 6.06. The van der Waals surface area contributed by atoms with Gasteiger partial charge in [0.25, 0.3) is 0 Å². The highest BCUT2D eigenvalue weighted by Gasteiger charge is 2.09. The van der Waals surface area contributed by atoms with Crippen molar-refractivity contribution in [2.45, 2.75) is 33.3 Å². The molecule has 0 aliphatic rings. The van der Waals surface area contributed by atoms with E-state index in [9.17, 15) is 9.59 Å². The molecule has 8 heteroatoms. The first kappa shape index (κ1) is 26.3. The largest absolute Gasteiger partial charge is 0.497 e. The molecular weight excluding hydrogens is 458 g/mol. The number of hydrogen-bond donors (Lipinski definition) is 2. The Hall–Kier alpha value is -4.33. The highest BCUT2D eigenvalue weighted by Crippen LogP contribution is 2.29. The van der Waals surface area contributed by atoms with Gasteiger partial charge in [-0.1, -0.05) is 29.8 Å². The van der Waals surface area contributed by atoms with Gasteiger partial charge in [0.15, 0.2) is 11.5 Å². The van der Waals surface area contributed by atoms with Crippen molar-refractivity contribution < 1.29 is 23.8 Å². The number of amides is 2. The van der Waals surface area contributed by atoms with Gasteiger partial charge in [-0.25, -0.2) is 5.43 Å². The fourth-order valence-corrected chi connectivity index (χ4v) is 3.32. The predicted molar refractivity (Wildman–Crippen MR) is 140 cm³/mol. The molecular formula is C28H31N3O5. The number of methoxy groups -OCH3 is 1. The molecule has 36 heavy (non-hydrogen) atoms. The number of nitrogens with zero attached hydrogens (tertiary/aromatic N) is 1. The van der Waals surface area contributed by atoms with E-state index >= 15 is 0 Å². The number of nitrogens with one attached hydrogen (secondary N) is 2. The average molecular weight is 490 g/mol. The van der Waals surface area contributed by atoms with E-state index in [0.717, 1.165) is 11.1 Å². The topological polar surface area (TPSA) is 98.2 Å². The maximum atomic E-state index is 12.1. The average Bonchev–Trinajstić information content (AvgIpc) is 2.88. The van der Waals surface area contributed by atoms with Crippen LogP contribution in [0.5, 0.6) is 17.2 Å². The second-order valence-electron chi connectivity index (χ2n) is 7.99.